The highest BCUT2D eigenvalue weighted by Gasteiger charge is 2.35. The fourth-order valence-corrected chi connectivity index (χ4v) is 1.98. The van der Waals surface area contributed by atoms with Crippen LogP contribution < -0.4 is 4.90 Å². The first kappa shape index (κ1) is 14.5. The van der Waals surface area contributed by atoms with Gasteiger partial charge < -0.3 is 9.64 Å². The molecule has 1 aliphatic rings. The summed E-state index contributed by atoms with van der Waals surface area (Å²) in [5.74, 6) is -1.24. The van der Waals surface area contributed by atoms with Crippen LogP contribution in [-0.2, 0) is 9.53 Å². The number of benzene rings is 1. The van der Waals surface area contributed by atoms with E-state index in [1.807, 2.05) is 0 Å². The van der Waals surface area contributed by atoms with Crippen LogP contribution in [0.4, 0.5) is 18.9 Å². The SMILES string of the molecule is O=C1C(=O)N(CCCOCC(F)(F)F)c2ccccc21. The van der Waals surface area contributed by atoms with Gasteiger partial charge in [0.05, 0.1) is 11.3 Å². The van der Waals surface area contributed by atoms with Crippen molar-refractivity contribution in [1.29, 1.82) is 0 Å². The van der Waals surface area contributed by atoms with E-state index in [-0.39, 0.29) is 19.6 Å². The molecule has 0 aliphatic carbocycles. The number of carbonyl (C=O) groups excluding carboxylic acids is 2. The molecule has 1 aromatic carbocycles. The molecule has 0 saturated carbocycles. The molecule has 0 N–H and O–H groups in total. The third-order valence-corrected chi connectivity index (χ3v) is 2.81. The molecule has 2 rings (SSSR count). The minimum absolute atomic E-state index is 0.125. The summed E-state index contributed by atoms with van der Waals surface area (Å²) >= 11 is 0. The Bertz CT molecular complexity index is 528. The highest BCUT2D eigenvalue weighted by molar-refractivity contribution is 6.52. The van der Waals surface area contributed by atoms with Crippen molar-refractivity contribution < 1.29 is 27.5 Å². The van der Waals surface area contributed by atoms with Crippen LogP contribution in [0.1, 0.15) is 16.8 Å². The van der Waals surface area contributed by atoms with Crippen LogP contribution in [0.2, 0.25) is 0 Å². The van der Waals surface area contributed by atoms with E-state index in [1.165, 1.54) is 4.90 Å². The van der Waals surface area contributed by atoms with Crippen molar-refractivity contribution in [3.8, 4) is 0 Å². The Hall–Kier alpha value is -1.89. The Kier molecular flexibility index (Phi) is 4.08. The number of para-hydroxylation sites is 1. The van der Waals surface area contributed by atoms with E-state index in [0.717, 1.165) is 0 Å². The molecule has 0 bridgehead atoms. The predicted molar refractivity (Wildman–Crippen MR) is 64.6 cm³/mol. The Morgan fingerprint density at radius 1 is 1.15 bits per heavy atom. The van der Waals surface area contributed by atoms with Crippen LogP contribution in [0.5, 0.6) is 0 Å². The lowest BCUT2D eigenvalue weighted by Gasteiger charge is -2.16. The third-order valence-electron chi connectivity index (χ3n) is 2.81. The van der Waals surface area contributed by atoms with Gasteiger partial charge in [-0.15, -0.1) is 0 Å². The molecule has 0 saturated heterocycles. The number of ketones is 1. The van der Waals surface area contributed by atoms with E-state index in [2.05, 4.69) is 4.74 Å². The van der Waals surface area contributed by atoms with E-state index in [4.69, 9.17) is 0 Å². The van der Waals surface area contributed by atoms with Gasteiger partial charge in [0.15, 0.2) is 0 Å². The number of amides is 1. The van der Waals surface area contributed by atoms with Crippen molar-refractivity contribution in [2.24, 2.45) is 0 Å². The Morgan fingerprint density at radius 3 is 2.55 bits per heavy atom. The molecule has 0 spiro atoms. The standard InChI is InChI=1S/C13H12F3NO3/c14-13(15,16)8-20-7-3-6-17-10-5-2-1-4-9(10)11(18)12(17)19/h1-2,4-5H,3,6-8H2. The van der Waals surface area contributed by atoms with Crippen LogP contribution in [0.15, 0.2) is 24.3 Å². The van der Waals surface area contributed by atoms with Crippen LogP contribution in [-0.4, -0.2) is 37.6 Å². The maximum Gasteiger partial charge on any atom is 0.411 e. The fourth-order valence-electron chi connectivity index (χ4n) is 1.98. The molecule has 0 radical (unpaired) electrons. The molecule has 1 amide bonds. The summed E-state index contributed by atoms with van der Waals surface area (Å²) in [6.07, 6.45) is -4.13. The summed E-state index contributed by atoms with van der Waals surface area (Å²) in [4.78, 5) is 24.7. The average molecular weight is 287 g/mol. The summed E-state index contributed by atoms with van der Waals surface area (Å²) in [6.45, 7) is -1.28. The normalized spacial score (nSPS) is 14.8. The highest BCUT2D eigenvalue weighted by Crippen LogP contribution is 2.28. The number of fused-ring (bicyclic) bond motifs is 1. The summed E-state index contributed by atoms with van der Waals surface area (Å²) in [6, 6.07) is 6.53. The minimum Gasteiger partial charge on any atom is -0.372 e. The molecule has 20 heavy (non-hydrogen) atoms. The molecule has 108 valence electrons. The Balaban J connectivity index is 1.88. The molecule has 1 heterocycles. The first-order chi connectivity index (χ1) is 9.40. The zero-order valence-corrected chi connectivity index (χ0v) is 10.4. The van der Waals surface area contributed by atoms with Gasteiger partial charge in [-0.3, -0.25) is 9.59 Å². The molecule has 1 aliphatic heterocycles. The monoisotopic (exact) mass is 287 g/mol. The summed E-state index contributed by atoms with van der Waals surface area (Å²) in [5.41, 5.74) is 0.826. The number of carbonyl (C=O) groups is 2. The maximum atomic E-state index is 11.9. The Labute approximate surface area is 113 Å². The van der Waals surface area contributed by atoms with Crippen molar-refractivity contribution in [3.63, 3.8) is 0 Å². The minimum atomic E-state index is -4.36. The van der Waals surface area contributed by atoms with E-state index in [0.29, 0.717) is 11.3 Å². The zero-order valence-electron chi connectivity index (χ0n) is 10.4. The predicted octanol–water partition coefficient (Wildman–Crippen LogP) is 2.18. The molecule has 4 nitrogen and oxygen atoms in total. The topological polar surface area (TPSA) is 46.6 Å². The second-order valence-corrected chi connectivity index (χ2v) is 4.32. The van der Waals surface area contributed by atoms with Crippen molar-refractivity contribution in [2.45, 2.75) is 12.6 Å². The molecule has 0 fully saturated rings. The number of anilines is 1. The van der Waals surface area contributed by atoms with Gasteiger partial charge >= 0.3 is 6.18 Å². The van der Waals surface area contributed by atoms with E-state index in [1.54, 1.807) is 24.3 Å². The fraction of sp³-hybridized carbons (Fsp3) is 0.385. The number of Topliss-reactive ketones (excluding diaryl/α,β-unsaturated/α-hetero) is 1. The molecule has 1 aromatic rings. The van der Waals surface area contributed by atoms with Gasteiger partial charge in [-0.1, -0.05) is 12.1 Å². The summed E-state index contributed by atoms with van der Waals surface area (Å²) < 4.78 is 40.0. The second-order valence-electron chi connectivity index (χ2n) is 4.32. The van der Waals surface area contributed by atoms with Crippen LogP contribution >= 0.6 is 0 Å². The van der Waals surface area contributed by atoms with Gasteiger partial charge in [-0.2, -0.15) is 13.2 Å². The molecule has 0 aromatic heterocycles. The third kappa shape index (κ3) is 3.16. The quantitative estimate of drug-likeness (QED) is 0.616. The summed E-state index contributed by atoms with van der Waals surface area (Å²) in [5, 5.41) is 0. The highest BCUT2D eigenvalue weighted by atomic mass is 19.4. The number of ether oxygens (including phenoxy) is 1. The van der Waals surface area contributed by atoms with Crippen LogP contribution in [0.25, 0.3) is 0 Å². The smallest absolute Gasteiger partial charge is 0.372 e. The zero-order chi connectivity index (χ0) is 14.8. The lowest BCUT2D eigenvalue weighted by atomic mass is 10.1. The number of rotatable bonds is 5. The number of nitrogens with zero attached hydrogens (tertiary/aromatic N) is 1. The van der Waals surface area contributed by atoms with Crippen molar-refractivity contribution >= 4 is 17.4 Å². The van der Waals surface area contributed by atoms with Crippen molar-refractivity contribution in [3.05, 3.63) is 29.8 Å². The van der Waals surface area contributed by atoms with E-state index >= 15 is 0 Å². The average Bonchev–Trinajstić information content (AvgIpc) is 2.62. The van der Waals surface area contributed by atoms with Crippen molar-refractivity contribution in [1.82, 2.24) is 0 Å². The van der Waals surface area contributed by atoms with Gasteiger partial charge in [0.2, 0.25) is 0 Å². The molecular weight excluding hydrogens is 275 g/mol. The largest absolute Gasteiger partial charge is 0.411 e. The maximum absolute atomic E-state index is 11.9. The van der Waals surface area contributed by atoms with Gasteiger partial charge in [0.1, 0.15) is 6.61 Å². The molecule has 0 unspecified atom stereocenters. The van der Waals surface area contributed by atoms with Crippen molar-refractivity contribution in [2.75, 3.05) is 24.7 Å². The lowest BCUT2D eigenvalue weighted by Crippen LogP contribution is -2.31. The molecule has 7 heteroatoms. The van der Waals surface area contributed by atoms with Gasteiger partial charge in [-0.05, 0) is 18.6 Å². The van der Waals surface area contributed by atoms with Gasteiger partial charge in [-0.25, -0.2) is 0 Å². The second kappa shape index (κ2) is 5.62. The lowest BCUT2D eigenvalue weighted by molar-refractivity contribution is -0.173. The molecule has 0 atom stereocenters. The van der Waals surface area contributed by atoms with E-state index in [9.17, 15) is 22.8 Å². The number of halogens is 3. The van der Waals surface area contributed by atoms with Crippen LogP contribution in [0.3, 0.4) is 0 Å². The first-order valence-corrected chi connectivity index (χ1v) is 6.00. The van der Waals surface area contributed by atoms with Crippen LogP contribution in [0, 0.1) is 0 Å². The molecular formula is C13H12F3NO3. The summed E-state index contributed by atoms with van der Waals surface area (Å²) in [7, 11) is 0. The number of alkyl halides is 3. The van der Waals surface area contributed by atoms with Gasteiger partial charge in [0.25, 0.3) is 11.7 Å². The van der Waals surface area contributed by atoms with Gasteiger partial charge in [0, 0.05) is 13.2 Å². The Morgan fingerprint density at radius 2 is 1.85 bits per heavy atom. The van der Waals surface area contributed by atoms with E-state index < -0.39 is 24.5 Å². The first-order valence-electron chi connectivity index (χ1n) is 6.00. The number of hydrogen-bond acceptors (Lipinski definition) is 3. The number of hydrogen-bond donors (Lipinski definition) is 0.